The number of unbranched alkanes of at least 4 members (excludes halogenated alkanes) is 1. The Bertz CT molecular complexity index is 503. The molecule has 2 rings (SSSR count). The van der Waals surface area contributed by atoms with E-state index in [1.807, 2.05) is 18.6 Å². The van der Waals surface area contributed by atoms with E-state index in [2.05, 4.69) is 14.9 Å². The summed E-state index contributed by atoms with van der Waals surface area (Å²) in [6, 6.07) is 4.90. The molecule has 1 heterocycles. The molecule has 0 aliphatic rings. The Morgan fingerprint density at radius 3 is 2.85 bits per heavy atom. The molecule has 0 spiro atoms. The lowest BCUT2D eigenvalue weighted by atomic mass is 10.2. The molecule has 0 saturated carbocycles. The van der Waals surface area contributed by atoms with E-state index in [0.29, 0.717) is 6.54 Å². The molecule has 0 atom stereocenters. The van der Waals surface area contributed by atoms with E-state index >= 15 is 0 Å². The normalized spacial score (nSPS) is 10.3. The Balaban J connectivity index is 0.00000200. The number of hydrogen-bond acceptors (Lipinski definition) is 2. The number of nitrogens with zero attached hydrogens (tertiary/aromatic N) is 2. The molecule has 0 unspecified atom stereocenters. The van der Waals surface area contributed by atoms with E-state index in [-0.39, 0.29) is 23.2 Å². The van der Waals surface area contributed by atoms with Gasteiger partial charge in [0.25, 0.3) is 0 Å². The minimum absolute atomic E-state index is 0. The number of aryl methyl sites for hydroxylation is 1. The van der Waals surface area contributed by atoms with Crippen LogP contribution < -0.4 is 5.32 Å². The van der Waals surface area contributed by atoms with Crippen LogP contribution in [0.4, 0.5) is 4.39 Å². The van der Waals surface area contributed by atoms with Gasteiger partial charge in [0, 0.05) is 25.5 Å². The van der Waals surface area contributed by atoms with Gasteiger partial charge >= 0.3 is 0 Å². The van der Waals surface area contributed by atoms with Gasteiger partial charge in [-0.25, -0.2) is 9.37 Å². The van der Waals surface area contributed by atoms with Crippen molar-refractivity contribution in [1.29, 1.82) is 0 Å². The fourth-order valence-corrected chi connectivity index (χ4v) is 1.96. The second-order valence-electron chi connectivity index (χ2n) is 4.43. The molecule has 110 valence electrons. The van der Waals surface area contributed by atoms with E-state index in [0.717, 1.165) is 31.5 Å². The third-order valence-corrected chi connectivity index (χ3v) is 3.20. The van der Waals surface area contributed by atoms with Gasteiger partial charge in [-0.15, -0.1) is 12.4 Å². The molecule has 2 aromatic rings. The number of hydrogen-bond donors (Lipinski definition) is 1. The number of imidazole rings is 1. The first-order valence-electron chi connectivity index (χ1n) is 6.36. The van der Waals surface area contributed by atoms with Crippen molar-refractivity contribution in [3.8, 4) is 0 Å². The zero-order valence-corrected chi connectivity index (χ0v) is 12.6. The fraction of sp³-hybridized carbons (Fsp3) is 0.357. The second-order valence-corrected chi connectivity index (χ2v) is 4.84. The van der Waals surface area contributed by atoms with Crippen molar-refractivity contribution >= 4 is 24.0 Å². The van der Waals surface area contributed by atoms with Gasteiger partial charge < -0.3 is 9.88 Å². The summed E-state index contributed by atoms with van der Waals surface area (Å²) in [5, 5.41) is 3.46. The van der Waals surface area contributed by atoms with Crippen LogP contribution in [0, 0.1) is 5.82 Å². The summed E-state index contributed by atoms with van der Waals surface area (Å²) in [6.45, 7) is 2.56. The van der Waals surface area contributed by atoms with Crippen LogP contribution in [0.3, 0.4) is 0 Å². The lowest BCUT2D eigenvalue weighted by molar-refractivity contribution is 0.566. The van der Waals surface area contributed by atoms with E-state index in [1.165, 1.54) is 6.07 Å². The Morgan fingerprint density at radius 1 is 1.30 bits per heavy atom. The number of nitrogens with one attached hydrogen (secondary N) is 1. The van der Waals surface area contributed by atoms with Gasteiger partial charge in [-0.2, -0.15) is 0 Å². The molecule has 1 N–H and O–H groups in total. The van der Waals surface area contributed by atoms with E-state index in [1.54, 1.807) is 12.3 Å². The molecule has 1 aromatic heterocycles. The van der Waals surface area contributed by atoms with Crippen LogP contribution in [0.5, 0.6) is 0 Å². The molecule has 0 radical (unpaired) electrons. The van der Waals surface area contributed by atoms with Crippen molar-refractivity contribution in [3.63, 3.8) is 0 Å². The minimum atomic E-state index is -0.360. The fourth-order valence-electron chi connectivity index (χ4n) is 1.85. The predicted molar refractivity (Wildman–Crippen MR) is 81.8 cm³/mol. The molecule has 20 heavy (non-hydrogen) atoms. The maximum atomic E-state index is 13.2. The second kappa shape index (κ2) is 8.95. The first-order chi connectivity index (χ1) is 9.25. The van der Waals surface area contributed by atoms with Crippen molar-refractivity contribution in [1.82, 2.24) is 14.9 Å². The number of benzene rings is 1. The highest BCUT2D eigenvalue weighted by molar-refractivity contribution is 6.30. The average molecular weight is 318 g/mol. The van der Waals surface area contributed by atoms with Crippen molar-refractivity contribution in [2.24, 2.45) is 0 Å². The first-order valence-corrected chi connectivity index (χ1v) is 6.74. The third kappa shape index (κ3) is 5.49. The minimum Gasteiger partial charge on any atom is -0.337 e. The number of halogens is 3. The molecule has 0 saturated heterocycles. The van der Waals surface area contributed by atoms with Crippen molar-refractivity contribution in [2.45, 2.75) is 25.9 Å². The van der Waals surface area contributed by atoms with Crippen LogP contribution >= 0.6 is 24.0 Å². The maximum absolute atomic E-state index is 13.2. The molecule has 3 nitrogen and oxygen atoms in total. The van der Waals surface area contributed by atoms with Crippen LogP contribution in [0.25, 0.3) is 0 Å². The highest BCUT2D eigenvalue weighted by Gasteiger charge is 2.00. The van der Waals surface area contributed by atoms with Gasteiger partial charge in [-0.1, -0.05) is 17.7 Å². The SMILES string of the molecule is Cl.Fc1cc(CNCCCCn2ccnc2)ccc1Cl. The van der Waals surface area contributed by atoms with Crippen molar-refractivity contribution in [2.75, 3.05) is 6.54 Å². The van der Waals surface area contributed by atoms with E-state index in [9.17, 15) is 4.39 Å². The summed E-state index contributed by atoms with van der Waals surface area (Å²) in [5.41, 5.74) is 0.913. The zero-order valence-electron chi connectivity index (χ0n) is 11.1. The Hall–Kier alpha value is -1.10. The zero-order chi connectivity index (χ0) is 13.5. The molecule has 0 aliphatic heterocycles. The topological polar surface area (TPSA) is 29.9 Å². The molecule has 6 heteroatoms. The summed E-state index contributed by atoms with van der Waals surface area (Å²) in [7, 11) is 0. The summed E-state index contributed by atoms with van der Waals surface area (Å²) < 4.78 is 15.3. The average Bonchev–Trinajstić information content (AvgIpc) is 2.91. The summed E-state index contributed by atoms with van der Waals surface area (Å²) >= 11 is 5.63. The predicted octanol–water partition coefficient (Wildman–Crippen LogP) is 3.67. The van der Waals surface area contributed by atoms with Gasteiger partial charge in [0.1, 0.15) is 5.82 Å². The van der Waals surface area contributed by atoms with Crippen LogP contribution in [-0.2, 0) is 13.1 Å². The smallest absolute Gasteiger partial charge is 0.142 e. The largest absolute Gasteiger partial charge is 0.337 e. The van der Waals surface area contributed by atoms with Gasteiger partial charge in [0.05, 0.1) is 11.3 Å². The maximum Gasteiger partial charge on any atom is 0.142 e. The summed E-state index contributed by atoms with van der Waals surface area (Å²) in [6.07, 6.45) is 7.74. The molecule has 0 fully saturated rings. The van der Waals surface area contributed by atoms with Crippen LogP contribution in [0.1, 0.15) is 18.4 Å². The Labute approximate surface area is 129 Å². The van der Waals surface area contributed by atoms with Gasteiger partial charge in [-0.3, -0.25) is 0 Å². The van der Waals surface area contributed by atoms with Crippen molar-refractivity contribution in [3.05, 3.63) is 53.3 Å². The third-order valence-electron chi connectivity index (χ3n) is 2.89. The molecule has 0 aliphatic carbocycles. The highest BCUT2D eigenvalue weighted by Crippen LogP contribution is 2.15. The number of rotatable bonds is 7. The van der Waals surface area contributed by atoms with Crippen molar-refractivity contribution < 1.29 is 4.39 Å². The van der Waals surface area contributed by atoms with Crippen LogP contribution in [0.2, 0.25) is 5.02 Å². The summed E-state index contributed by atoms with van der Waals surface area (Å²) in [4.78, 5) is 3.99. The molecular weight excluding hydrogens is 300 g/mol. The highest BCUT2D eigenvalue weighted by atomic mass is 35.5. The van der Waals surface area contributed by atoms with Gasteiger partial charge in [-0.05, 0) is 37.1 Å². The lowest BCUT2D eigenvalue weighted by Crippen LogP contribution is -2.15. The molecular formula is C14H18Cl2FN3. The van der Waals surface area contributed by atoms with E-state index < -0.39 is 0 Å². The lowest BCUT2D eigenvalue weighted by Gasteiger charge is -2.06. The van der Waals surface area contributed by atoms with Gasteiger partial charge in [0.2, 0.25) is 0 Å². The quantitative estimate of drug-likeness (QED) is 0.790. The Kier molecular flexibility index (Phi) is 7.59. The Morgan fingerprint density at radius 2 is 2.15 bits per heavy atom. The van der Waals surface area contributed by atoms with E-state index in [4.69, 9.17) is 11.6 Å². The standard InChI is InChI=1S/C14H17ClFN3.ClH/c15-13-4-3-12(9-14(13)16)10-17-5-1-2-7-19-8-6-18-11-19;/h3-4,6,8-9,11,17H,1-2,5,7,10H2;1H. The molecule has 1 aromatic carbocycles. The van der Waals surface area contributed by atoms with Crippen LogP contribution in [0.15, 0.2) is 36.9 Å². The molecule has 0 amide bonds. The van der Waals surface area contributed by atoms with Crippen LogP contribution in [-0.4, -0.2) is 16.1 Å². The monoisotopic (exact) mass is 317 g/mol. The number of aromatic nitrogens is 2. The first kappa shape index (κ1) is 17.0. The summed E-state index contributed by atoms with van der Waals surface area (Å²) in [5.74, 6) is -0.360. The molecule has 0 bridgehead atoms. The van der Waals surface area contributed by atoms with Gasteiger partial charge in [0.15, 0.2) is 0 Å².